The fraction of sp³-hybridized carbons (Fsp3) is 0.400. The molecule has 0 radical (unpaired) electrons. The molecular weight excluding hydrogens is 435 g/mol. The largest absolute Gasteiger partial charge is 0.481 e. The highest BCUT2D eigenvalue weighted by atomic mass is 19.4. The first-order chi connectivity index (χ1) is 15.6. The van der Waals surface area contributed by atoms with Crippen LogP contribution in [0.15, 0.2) is 55.1 Å². The summed E-state index contributed by atoms with van der Waals surface area (Å²) in [7, 11) is 1.66. The van der Waals surface area contributed by atoms with Gasteiger partial charge in [0.25, 0.3) is 0 Å². The maximum Gasteiger partial charge on any atom is 0.416 e. The van der Waals surface area contributed by atoms with Gasteiger partial charge < -0.3 is 19.5 Å². The minimum absolute atomic E-state index is 0.273. The summed E-state index contributed by atoms with van der Waals surface area (Å²) in [6, 6.07) is 12.4. The van der Waals surface area contributed by atoms with E-state index in [1.54, 1.807) is 7.11 Å². The number of carboxylic acids is 1. The van der Waals surface area contributed by atoms with Gasteiger partial charge >= 0.3 is 12.1 Å². The summed E-state index contributed by atoms with van der Waals surface area (Å²) >= 11 is 0. The van der Waals surface area contributed by atoms with Gasteiger partial charge in [0.2, 0.25) is 0 Å². The summed E-state index contributed by atoms with van der Waals surface area (Å²) in [4.78, 5) is 14.2. The molecule has 2 heterocycles. The van der Waals surface area contributed by atoms with Crippen molar-refractivity contribution in [1.29, 1.82) is 0 Å². The van der Waals surface area contributed by atoms with E-state index in [-0.39, 0.29) is 12.8 Å². The zero-order valence-corrected chi connectivity index (χ0v) is 18.3. The van der Waals surface area contributed by atoms with E-state index < -0.39 is 28.7 Å². The van der Waals surface area contributed by atoms with Crippen LogP contribution in [0.1, 0.15) is 35.1 Å². The van der Waals surface area contributed by atoms with E-state index in [1.165, 1.54) is 12.1 Å². The number of likely N-dealkylation sites (tertiary alicyclic amines) is 1. The number of hydrogen-bond donors (Lipinski definition) is 1. The second-order valence-corrected chi connectivity index (χ2v) is 8.66. The first-order valence-electron chi connectivity index (χ1n) is 10.7. The highest BCUT2D eigenvalue weighted by molar-refractivity contribution is 5.82. The second kappa shape index (κ2) is 8.50. The van der Waals surface area contributed by atoms with Gasteiger partial charge in [-0.15, -0.1) is 0 Å². The van der Waals surface area contributed by atoms with Crippen LogP contribution in [0, 0.1) is 0 Å². The van der Waals surface area contributed by atoms with Crippen LogP contribution in [-0.2, 0) is 31.5 Å². The van der Waals surface area contributed by atoms with Crippen molar-refractivity contribution in [3.63, 3.8) is 0 Å². The normalized spacial score (nSPS) is 19.6. The first-order valence-corrected chi connectivity index (χ1v) is 10.7. The second-order valence-electron chi connectivity index (χ2n) is 8.66. The van der Waals surface area contributed by atoms with Crippen molar-refractivity contribution in [2.75, 3.05) is 33.4 Å². The number of nitrogens with zero attached hydrogens (tertiary/aromatic N) is 1. The van der Waals surface area contributed by atoms with Gasteiger partial charge in [-0.1, -0.05) is 43.0 Å². The zero-order chi connectivity index (χ0) is 23.9. The lowest BCUT2D eigenvalue weighted by Gasteiger charge is -2.41. The van der Waals surface area contributed by atoms with Gasteiger partial charge in [0.1, 0.15) is 5.60 Å². The number of aliphatic carboxylic acids is 1. The molecule has 0 amide bonds. The average molecular weight is 461 g/mol. The number of alkyl halides is 3. The number of benzene rings is 2. The van der Waals surface area contributed by atoms with E-state index in [0.717, 1.165) is 29.0 Å². The van der Waals surface area contributed by atoms with Gasteiger partial charge in [-0.25, -0.2) is 0 Å². The summed E-state index contributed by atoms with van der Waals surface area (Å²) in [5.74, 6) is -1.02. The molecule has 8 heteroatoms. The van der Waals surface area contributed by atoms with E-state index in [1.807, 2.05) is 29.2 Å². The molecule has 33 heavy (non-hydrogen) atoms. The van der Waals surface area contributed by atoms with E-state index in [9.17, 15) is 23.1 Å². The molecule has 2 aromatic rings. The van der Waals surface area contributed by atoms with Gasteiger partial charge in [-0.05, 0) is 41.7 Å². The van der Waals surface area contributed by atoms with Crippen LogP contribution in [-0.4, -0.2) is 49.4 Å². The summed E-state index contributed by atoms with van der Waals surface area (Å²) in [5.41, 5.74) is 0.702. The molecule has 2 aliphatic rings. The van der Waals surface area contributed by atoms with Crippen molar-refractivity contribution in [2.24, 2.45) is 0 Å². The molecule has 1 N–H and O–H groups in total. The predicted octanol–water partition coefficient (Wildman–Crippen LogP) is 4.67. The number of piperidine rings is 1. The Morgan fingerprint density at radius 2 is 1.58 bits per heavy atom. The Balaban J connectivity index is 1.47. The lowest BCUT2D eigenvalue weighted by Crippen LogP contribution is -2.48. The van der Waals surface area contributed by atoms with E-state index in [4.69, 9.17) is 9.47 Å². The number of methoxy groups -OCH3 is 1. The molecule has 0 spiro atoms. The number of ether oxygens (including phenoxy) is 2. The Bertz CT molecular complexity index is 1010. The van der Waals surface area contributed by atoms with E-state index >= 15 is 0 Å². The molecule has 0 atom stereocenters. The highest BCUT2D eigenvalue weighted by Gasteiger charge is 2.44. The average Bonchev–Trinajstić information content (AvgIpc) is 2.78. The van der Waals surface area contributed by atoms with Crippen LogP contribution in [0.5, 0.6) is 0 Å². The first kappa shape index (κ1) is 23.3. The van der Waals surface area contributed by atoms with Crippen molar-refractivity contribution in [2.45, 2.75) is 30.0 Å². The molecule has 0 aliphatic carbocycles. The molecule has 0 aromatic heterocycles. The minimum atomic E-state index is -4.46. The van der Waals surface area contributed by atoms with Gasteiger partial charge in [-0.3, -0.25) is 4.79 Å². The lowest BCUT2D eigenvalue weighted by atomic mass is 9.72. The van der Waals surface area contributed by atoms with E-state index in [0.29, 0.717) is 31.9 Å². The van der Waals surface area contributed by atoms with Crippen LogP contribution < -0.4 is 0 Å². The van der Waals surface area contributed by atoms with Gasteiger partial charge in [0.15, 0.2) is 0 Å². The molecule has 2 aliphatic heterocycles. The van der Waals surface area contributed by atoms with Crippen molar-refractivity contribution < 1.29 is 32.5 Å². The van der Waals surface area contributed by atoms with E-state index in [2.05, 4.69) is 6.58 Å². The van der Waals surface area contributed by atoms with Crippen molar-refractivity contribution in [3.8, 4) is 0 Å². The summed E-state index contributed by atoms with van der Waals surface area (Å²) in [5, 5.41) is 9.99. The lowest BCUT2D eigenvalue weighted by molar-refractivity contribution is -0.202. The highest BCUT2D eigenvalue weighted by Crippen LogP contribution is 2.40. The number of carbonyl (C=O) groups is 1. The monoisotopic (exact) mass is 461 g/mol. The standard InChI is InChI=1S/C25H26F3NO4/c1-17(18-3-5-20(6-4-18)24(32-2)15-33-16-24)29-13-11-23(12-14-29,22(30)31)19-7-9-21(10-8-19)25(26,27)28/h3-10H,1,11-16H2,2H3,(H,30,31). The number of halogens is 3. The number of carboxylic acid groups (broad SMARTS) is 1. The molecule has 2 aromatic carbocycles. The smallest absolute Gasteiger partial charge is 0.416 e. The summed E-state index contributed by atoms with van der Waals surface area (Å²) < 4.78 is 49.6. The Morgan fingerprint density at radius 3 is 2.00 bits per heavy atom. The maximum atomic E-state index is 12.9. The Labute approximate surface area is 190 Å². The number of hydrogen-bond acceptors (Lipinski definition) is 4. The maximum absolute atomic E-state index is 12.9. The van der Waals surface area contributed by atoms with Gasteiger partial charge in [-0.2, -0.15) is 13.2 Å². The SMILES string of the molecule is C=C(c1ccc(C2(OC)COC2)cc1)N1CCC(C(=O)O)(c2ccc(C(F)(F)F)cc2)CC1. The third-order valence-electron chi connectivity index (χ3n) is 6.98. The fourth-order valence-electron chi connectivity index (χ4n) is 4.60. The number of rotatable bonds is 6. The summed E-state index contributed by atoms with van der Waals surface area (Å²) in [6.45, 7) is 6.09. The molecule has 4 rings (SSSR count). The quantitative estimate of drug-likeness (QED) is 0.678. The molecule has 0 bridgehead atoms. The topological polar surface area (TPSA) is 59.0 Å². The van der Waals surface area contributed by atoms with Gasteiger partial charge in [0, 0.05) is 25.9 Å². The minimum Gasteiger partial charge on any atom is -0.481 e. The van der Waals surface area contributed by atoms with Crippen LogP contribution in [0.4, 0.5) is 13.2 Å². The Kier molecular flexibility index (Phi) is 6.01. The molecule has 176 valence electrons. The fourth-order valence-corrected chi connectivity index (χ4v) is 4.60. The zero-order valence-electron chi connectivity index (χ0n) is 18.3. The molecular formula is C25H26F3NO4. The van der Waals surface area contributed by atoms with Crippen LogP contribution in [0.2, 0.25) is 0 Å². The van der Waals surface area contributed by atoms with Crippen LogP contribution in [0.3, 0.4) is 0 Å². The molecule has 5 nitrogen and oxygen atoms in total. The molecule has 0 unspecified atom stereocenters. The van der Waals surface area contributed by atoms with Crippen LogP contribution >= 0.6 is 0 Å². The van der Waals surface area contributed by atoms with Gasteiger partial charge in [0.05, 0.1) is 24.2 Å². The molecule has 2 saturated heterocycles. The predicted molar refractivity (Wildman–Crippen MR) is 117 cm³/mol. The summed E-state index contributed by atoms with van der Waals surface area (Å²) in [6.07, 6.45) is -3.91. The Morgan fingerprint density at radius 1 is 1.03 bits per heavy atom. The van der Waals surface area contributed by atoms with Crippen molar-refractivity contribution in [3.05, 3.63) is 77.4 Å². The van der Waals surface area contributed by atoms with Crippen molar-refractivity contribution >= 4 is 11.7 Å². The molecule has 2 fully saturated rings. The third-order valence-corrected chi connectivity index (χ3v) is 6.98. The van der Waals surface area contributed by atoms with Crippen molar-refractivity contribution in [1.82, 2.24) is 4.90 Å². The Hall–Kier alpha value is -2.84. The molecule has 0 saturated carbocycles. The van der Waals surface area contributed by atoms with Crippen LogP contribution in [0.25, 0.3) is 5.70 Å². The third kappa shape index (κ3) is 4.13.